The van der Waals surface area contributed by atoms with Gasteiger partial charge in [-0.2, -0.15) is 20.0 Å². The van der Waals surface area contributed by atoms with Crippen molar-refractivity contribution in [3.05, 3.63) is 24.4 Å². The van der Waals surface area contributed by atoms with Gasteiger partial charge in [-0.25, -0.2) is 4.98 Å². The molecule has 10 nitrogen and oxygen atoms in total. The van der Waals surface area contributed by atoms with Crippen LogP contribution in [0.15, 0.2) is 18.6 Å². The topological polar surface area (TPSA) is 123 Å². The summed E-state index contributed by atoms with van der Waals surface area (Å²) in [6.45, 7) is 5.51. The monoisotopic (exact) mass is 372 g/mol. The van der Waals surface area contributed by atoms with Crippen molar-refractivity contribution in [2.45, 2.75) is 33.1 Å². The number of nitrogen functional groups attached to an aromatic ring is 1. The first-order valence-electron chi connectivity index (χ1n) is 9.04. The number of carbonyl (C=O) groups excluding carboxylic acids is 1. The highest BCUT2D eigenvalue weighted by Gasteiger charge is 2.31. The molecule has 1 aliphatic rings. The molecule has 0 aromatic carbocycles. The average molecular weight is 372 g/mol. The maximum atomic E-state index is 13.0. The second-order valence-corrected chi connectivity index (χ2v) is 6.33. The molecule has 2 aromatic rings. The Morgan fingerprint density at radius 3 is 2.70 bits per heavy atom. The first-order chi connectivity index (χ1) is 13.1. The zero-order valence-electron chi connectivity index (χ0n) is 15.6. The first kappa shape index (κ1) is 18.9. The van der Waals surface area contributed by atoms with E-state index in [0.717, 1.165) is 6.42 Å². The molecule has 2 N–H and O–H groups in total. The van der Waals surface area contributed by atoms with Gasteiger partial charge in [-0.1, -0.05) is 6.92 Å². The third-order valence-electron chi connectivity index (χ3n) is 4.26. The summed E-state index contributed by atoms with van der Waals surface area (Å²) in [7, 11) is 0. The highest BCUT2D eigenvalue weighted by molar-refractivity contribution is 5.92. The SMILES string of the molecule is CCCON(C(=O)C1CCN(c2nc(C)nc(N)n2)CC1)c1cnccn1. The van der Waals surface area contributed by atoms with Crippen LogP contribution in [0.5, 0.6) is 0 Å². The molecule has 1 amide bonds. The fourth-order valence-electron chi connectivity index (χ4n) is 2.94. The summed E-state index contributed by atoms with van der Waals surface area (Å²) in [5, 5.41) is 1.28. The maximum Gasteiger partial charge on any atom is 0.255 e. The Kier molecular flexibility index (Phi) is 6.07. The van der Waals surface area contributed by atoms with Crippen LogP contribution in [0.2, 0.25) is 0 Å². The lowest BCUT2D eigenvalue weighted by Gasteiger charge is -2.33. The molecule has 0 unspecified atom stereocenters. The van der Waals surface area contributed by atoms with Crippen LogP contribution in [0.3, 0.4) is 0 Å². The number of hydrogen-bond acceptors (Lipinski definition) is 9. The fourth-order valence-corrected chi connectivity index (χ4v) is 2.94. The molecule has 0 aliphatic carbocycles. The number of piperidine rings is 1. The van der Waals surface area contributed by atoms with Gasteiger partial charge in [-0.05, 0) is 26.2 Å². The van der Waals surface area contributed by atoms with Crippen LogP contribution in [0, 0.1) is 12.8 Å². The molecule has 0 atom stereocenters. The Morgan fingerprint density at radius 1 is 1.30 bits per heavy atom. The lowest BCUT2D eigenvalue weighted by molar-refractivity contribution is -0.130. The van der Waals surface area contributed by atoms with Crippen LogP contribution in [0.1, 0.15) is 32.0 Å². The summed E-state index contributed by atoms with van der Waals surface area (Å²) in [4.78, 5) is 41.4. The van der Waals surface area contributed by atoms with Crippen LogP contribution in [-0.2, 0) is 9.63 Å². The van der Waals surface area contributed by atoms with E-state index in [4.69, 9.17) is 10.6 Å². The predicted octanol–water partition coefficient (Wildman–Crippen LogP) is 1.14. The molecule has 0 saturated carbocycles. The van der Waals surface area contributed by atoms with E-state index in [-0.39, 0.29) is 17.8 Å². The summed E-state index contributed by atoms with van der Waals surface area (Å²) < 4.78 is 0. The van der Waals surface area contributed by atoms with Crippen molar-refractivity contribution in [2.24, 2.45) is 5.92 Å². The Bertz CT molecular complexity index is 745. The van der Waals surface area contributed by atoms with Crippen molar-refractivity contribution >= 4 is 23.6 Å². The molecule has 144 valence electrons. The molecule has 1 fully saturated rings. The third kappa shape index (κ3) is 4.64. The molecule has 1 saturated heterocycles. The summed E-state index contributed by atoms with van der Waals surface area (Å²) in [6, 6.07) is 0. The molecule has 2 aromatic heterocycles. The highest BCUT2D eigenvalue weighted by atomic mass is 16.7. The minimum atomic E-state index is -0.166. The Labute approximate surface area is 157 Å². The van der Waals surface area contributed by atoms with Crippen LogP contribution in [0.4, 0.5) is 17.7 Å². The van der Waals surface area contributed by atoms with E-state index in [0.29, 0.717) is 50.1 Å². The molecule has 27 heavy (non-hydrogen) atoms. The number of amides is 1. The zero-order chi connectivity index (χ0) is 19.2. The van der Waals surface area contributed by atoms with Gasteiger partial charge in [-0.3, -0.25) is 14.6 Å². The van der Waals surface area contributed by atoms with Gasteiger partial charge in [0.2, 0.25) is 11.9 Å². The molecule has 0 bridgehead atoms. The number of carbonyl (C=O) groups is 1. The van der Waals surface area contributed by atoms with E-state index < -0.39 is 0 Å². The summed E-state index contributed by atoms with van der Waals surface area (Å²) in [5.41, 5.74) is 5.71. The minimum Gasteiger partial charge on any atom is -0.368 e. The van der Waals surface area contributed by atoms with E-state index in [1.54, 1.807) is 19.3 Å². The summed E-state index contributed by atoms with van der Waals surface area (Å²) >= 11 is 0. The smallest absolute Gasteiger partial charge is 0.255 e. The molecule has 3 heterocycles. The number of anilines is 3. The van der Waals surface area contributed by atoms with Gasteiger partial charge in [0.1, 0.15) is 5.82 Å². The van der Waals surface area contributed by atoms with Gasteiger partial charge in [0.05, 0.1) is 12.8 Å². The van der Waals surface area contributed by atoms with Crippen LogP contribution < -0.4 is 15.7 Å². The predicted molar refractivity (Wildman–Crippen MR) is 99.7 cm³/mol. The van der Waals surface area contributed by atoms with Gasteiger partial charge in [0, 0.05) is 31.4 Å². The van der Waals surface area contributed by atoms with Gasteiger partial charge in [-0.15, -0.1) is 0 Å². The molecule has 1 aliphatic heterocycles. The first-order valence-corrected chi connectivity index (χ1v) is 9.04. The third-order valence-corrected chi connectivity index (χ3v) is 4.26. The number of rotatable bonds is 6. The molecule has 10 heteroatoms. The second kappa shape index (κ2) is 8.67. The lowest BCUT2D eigenvalue weighted by atomic mass is 9.96. The van der Waals surface area contributed by atoms with E-state index in [1.807, 2.05) is 11.8 Å². The van der Waals surface area contributed by atoms with Crippen molar-refractivity contribution in [1.29, 1.82) is 0 Å². The molecule has 3 rings (SSSR count). The minimum absolute atomic E-state index is 0.102. The average Bonchev–Trinajstić information content (AvgIpc) is 2.68. The Morgan fingerprint density at radius 2 is 2.07 bits per heavy atom. The number of hydroxylamine groups is 1. The zero-order valence-corrected chi connectivity index (χ0v) is 15.6. The lowest BCUT2D eigenvalue weighted by Crippen LogP contribution is -2.43. The number of nitrogens with zero attached hydrogens (tertiary/aromatic N) is 7. The van der Waals surface area contributed by atoms with Crippen LogP contribution >= 0.6 is 0 Å². The van der Waals surface area contributed by atoms with Crippen molar-refractivity contribution in [3.63, 3.8) is 0 Å². The van der Waals surface area contributed by atoms with E-state index in [9.17, 15) is 4.79 Å². The number of nitrogens with two attached hydrogens (primary N) is 1. The molecule has 0 spiro atoms. The van der Waals surface area contributed by atoms with Crippen LogP contribution in [-0.4, -0.2) is 50.5 Å². The maximum absolute atomic E-state index is 13.0. The second-order valence-electron chi connectivity index (χ2n) is 6.33. The van der Waals surface area contributed by atoms with E-state index >= 15 is 0 Å². The van der Waals surface area contributed by atoms with Crippen molar-refractivity contribution in [2.75, 3.05) is 35.4 Å². The largest absolute Gasteiger partial charge is 0.368 e. The normalized spacial score (nSPS) is 15.0. The van der Waals surface area contributed by atoms with Crippen LogP contribution in [0.25, 0.3) is 0 Å². The van der Waals surface area contributed by atoms with E-state index in [1.165, 1.54) is 11.3 Å². The van der Waals surface area contributed by atoms with Gasteiger partial charge >= 0.3 is 0 Å². The number of hydrogen-bond donors (Lipinski definition) is 1. The Balaban J connectivity index is 1.67. The number of aryl methyl sites for hydroxylation is 1. The molecular formula is C17H24N8O2. The highest BCUT2D eigenvalue weighted by Crippen LogP contribution is 2.24. The van der Waals surface area contributed by atoms with Crippen molar-refractivity contribution in [1.82, 2.24) is 24.9 Å². The van der Waals surface area contributed by atoms with Gasteiger partial charge in [0.15, 0.2) is 5.82 Å². The summed E-state index contributed by atoms with van der Waals surface area (Å²) in [6.07, 6.45) is 6.75. The summed E-state index contributed by atoms with van der Waals surface area (Å²) in [5.74, 6) is 1.48. The fraction of sp³-hybridized carbons (Fsp3) is 0.529. The van der Waals surface area contributed by atoms with Gasteiger partial charge in [0.25, 0.3) is 5.91 Å². The van der Waals surface area contributed by atoms with Crippen molar-refractivity contribution < 1.29 is 9.63 Å². The van der Waals surface area contributed by atoms with E-state index in [2.05, 4.69) is 24.9 Å². The molecular weight excluding hydrogens is 348 g/mol. The quantitative estimate of drug-likeness (QED) is 0.743. The number of aromatic nitrogens is 5. The Hall–Kier alpha value is -2.88. The van der Waals surface area contributed by atoms with Gasteiger partial charge < -0.3 is 10.6 Å². The standard InChI is InChI=1S/C17H24N8O2/c1-3-10-27-25(14-11-19-6-7-20-14)15(26)13-4-8-24(9-5-13)17-22-12(2)21-16(18)23-17/h6-7,11,13H,3-5,8-10H2,1-2H3,(H2,18,21,22,23). The van der Waals surface area contributed by atoms with Crippen molar-refractivity contribution in [3.8, 4) is 0 Å². The molecule has 0 radical (unpaired) electrons.